The van der Waals surface area contributed by atoms with Gasteiger partial charge in [-0.3, -0.25) is 4.79 Å². The molecule has 0 aliphatic carbocycles. The molecule has 0 aliphatic rings. The fourth-order valence-corrected chi connectivity index (χ4v) is 2.85. The van der Waals surface area contributed by atoms with Gasteiger partial charge in [0.25, 0.3) is 5.91 Å². The first kappa shape index (κ1) is 24.6. The maximum absolute atomic E-state index is 14.2. The van der Waals surface area contributed by atoms with E-state index in [9.17, 15) is 17.6 Å². The molecule has 8 nitrogen and oxygen atoms in total. The number of hydrogen-bond acceptors (Lipinski definition) is 6. The van der Waals surface area contributed by atoms with Crippen molar-refractivity contribution in [3.8, 4) is 17.2 Å². The zero-order valence-electron chi connectivity index (χ0n) is 15.9. The van der Waals surface area contributed by atoms with E-state index in [-0.39, 0.29) is 48.3 Å². The van der Waals surface area contributed by atoms with E-state index in [4.69, 9.17) is 15.2 Å². The van der Waals surface area contributed by atoms with E-state index < -0.39 is 21.7 Å². The van der Waals surface area contributed by atoms with Crippen LogP contribution in [-0.2, 0) is 16.6 Å². The molecule has 1 amide bonds. The number of amides is 1. The molecule has 0 saturated heterocycles. The van der Waals surface area contributed by atoms with Crippen LogP contribution in [0.15, 0.2) is 36.4 Å². The second-order valence-corrected chi connectivity index (χ2v) is 7.76. The summed E-state index contributed by atoms with van der Waals surface area (Å²) in [6.07, 6.45) is 0. The van der Waals surface area contributed by atoms with E-state index in [0.717, 1.165) is 0 Å². The summed E-state index contributed by atoms with van der Waals surface area (Å²) in [5.74, 6) is -0.968. The van der Waals surface area contributed by atoms with Gasteiger partial charge < -0.3 is 20.5 Å². The first-order chi connectivity index (χ1) is 13.3. The molecule has 0 saturated carbocycles. The SMILES string of the molecule is CNS(=O)(=O)CCNC(=O)c1ccc(OC)c(Oc2ccc(CN)cc2F)c1.Cl. The topological polar surface area (TPSA) is 120 Å². The molecule has 2 rings (SSSR count). The van der Waals surface area contributed by atoms with E-state index in [1.54, 1.807) is 6.07 Å². The van der Waals surface area contributed by atoms with Gasteiger partial charge in [0.2, 0.25) is 10.0 Å². The third kappa shape index (κ3) is 6.86. The molecule has 0 aromatic heterocycles. The minimum absolute atomic E-state index is 0. The van der Waals surface area contributed by atoms with Crippen LogP contribution in [0.2, 0.25) is 0 Å². The molecule has 4 N–H and O–H groups in total. The van der Waals surface area contributed by atoms with Crippen molar-refractivity contribution in [1.82, 2.24) is 10.0 Å². The lowest BCUT2D eigenvalue weighted by atomic mass is 10.2. The van der Waals surface area contributed by atoms with Crippen LogP contribution in [0.1, 0.15) is 15.9 Å². The quantitative estimate of drug-likeness (QED) is 0.539. The zero-order chi connectivity index (χ0) is 20.7. The first-order valence-corrected chi connectivity index (χ1v) is 9.98. The standard InChI is InChI=1S/C18H22FN3O5S.ClH/c1-21-28(24,25)8-7-22-18(23)13-4-6-16(26-2)17(10-13)27-15-5-3-12(11-20)9-14(15)19;/h3-6,9-10,21H,7-8,11,20H2,1-2H3,(H,22,23);1H. The highest BCUT2D eigenvalue weighted by Crippen LogP contribution is 2.33. The van der Waals surface area contributed by atoms with Gasteiger partial charge in [0.05, 0.1) is 12.9 Å². The molecular formula is C18H23ClFN3O5S. The van der Waals surface area contributed by atoms with E-state index in [1.165, 1.54) is 44.5 Å². The lowest BCUT2D eigenvalue weighted by Crippen LogP contribution is -2.32. The largest absolute Gasteiger partial charge is 0.493 e. The van der Waals surface area contributed by atoms with Crippen LogP contribution in [0, 0.1) is 5.82 Å². The van der Waals surface area contributed by atoms with Crippen molar-refractivity contribution < 1.29 is 27.1 Å². The van der Waals surface area contributed by atoms with Gasteiger partial charge in [-0.2, -0.15) is 0 Å². The molecule has 0 heterocycles. The Morgan fingerprint density at radius 1 is 1.14 bits per heavy atom. The highest BCUT2D eigenvalue weighted by atomic mass is 35.5. The predicted molar refractivity (Wildman–Crippen MR) is 110 cm³/mol. The Hall–Kier alpha value is -2.40. The van der Waals surface area contributed by atoms with Gasteiger partial charge in [0.1, 0.15) is 0 Å². The highest BCUT2D eigenvalue weighted by molar-refractivity contribution is 7.89. The summed E-state index contributed by atoms with van der Waals surface area (Å²) in [6, 6.07) is 8.70. The highest BCUT2D eigenvalue weighted by Gasteiger charge is 2.15. The fourth-order valence-electron chi connectivity index (χ4n) is 2.27. The number of rotatable bonds is 9. The minimum Gasteiger partial charge on any atom is -0.493 e. The molecule has 0 spiro atoms. The Morgan fingerprint density at radius 3 is 2.41 bits per heavy atom. The number of halogens is 2. The van der Waals surface area contributed by atoms with Crippen LogP contribution in [0.3, 0.4) is 0 Å². The van der Waals surface area contributed by atoms with Crippen LogP contribution in [-0.4, -0.2) is 40.8 Å². The molecule has 2 aromatic carbocycles. The van der Waals surface area contributed by atoms with E-state index in [0.29, 0.717) is 11.3 Å². The molecule has 0 bridgehead atoms. The van der Waals surface area contributed by atoms with Crippen LogP contribution in [0.5, 0.6) is 17.2 Å². The van der Waals surface area contributed by atoms with Crippen molar-refractivity contribution >= 4 is 28.3 Å². The third-order valence-electron chi connectivity index (χ3n) is 3.85. The summed E-state index contributed by atoms with van der Waals surface area (Å²) in [5, 5.41) is 2.50. The second kappa shape index (κ2) is 11.0. The monoisotopic (exact) mass is 447 g/mol. The normalized spacial score (nSPS) is 10.8. The van der Waals surface area contributed by atoms with E-state index >= 15 is 0 Å². The average molecular weight is 448 g/mol. The van der Waals surface area contributed by atoms with Crippen LogP contribution in [0.25, 0.3) is 0 Å². The molecule has 0 fully saturated rings. The number of nitrogens with one attached hydrogen (secondary N) is 2. The Bertz CT molecular complexity index is 957. The average Bonchev–Trinajstić information content (AvgIpc) is 2.69. The van der Waals surface area contributed by atoms with Crippen molar-refractivity contribution in [2.75, 3.05) is 26.5 Å². The van der Waals surface area contributed by atoms with Crippen molar-refractivity contribution in [1.29, 1.82) is 0 Å². The maximum atomic E-state index is 14.2. The fraction of sp³-hybridized carbons (Fsp3) is 0.278. The van der Waals surface area contributed by atoms with Crippen LogP contribution in [0.4, 0.5) is 4.39 Å². The first-order valence-electron chi connectivity index (χ1n) is 8.33. The molecule has 11 heteroatoms. The Morgan fingerprint density at radius 2 is 1.83 bits per heavy atom. The van der Waals surface area contributed by atoms with Crippen molar-refractivity contribution in [3.63, 3.8) is 0 Å². The number of carbonyl (C=O) groups excluding carboxylic acids is 1. The summed E-state index contributed by atoms with van der Waals surface area (Å²) in [4.78, 5) is 12.3. The Labute approximate surface area is 175 Å². The summed E-state index contributed by atoms with van der Waals surface area (Å²) in [5.41, 5.74) is 6.30. The number of methoxy groups -OCH3 is 1. The molecule has 2 aromatic rings. The molecule has 0 atom stereocenters. The van der Waals surface area contributed by atoms with Gasteiger partial charge in [-0.25, -0.2) is 17.5 Å². The van der Waals surface area contributed by atoms with Gasteiger partial charge in [0.15, 0.2) is 23.1 Å². The van der Waals surface area contributed by atoms with E-state index in [1.807, 2.05) is 0 Å². The predicted octanol–water partition coefficient (Wildman–Crippen LogP) is 1.79. The maximum Gasteiger partial charge on any atom is 0.251 e. The molecule has 0 aliphatic heterocycles. The summed E-state index contributed by atoms with van der Waals surface area (Å²) in [7, 11) is -0.717. The minimum atomic E-state index is -3.43. The Balaban J connectivity index is 0.00000420. The number of benzene rings is 2. The molecule has 0 radical (unpaired) electrons. The lowest BCUT2D eigenvalue weighted by molar-refractivity contribution is 0.0955. The van der Waals surface area contributed by atoms with Gasteiger partial charge in [-0.1, -0.05) is 6.07 Å². The summed E-state index contributed by atoms with van der Waals surface area (Å²) in [6.45, 7) is 0.124. The van der Waals surface area contributed by atoms with Crippen molar-refractivity contribution in [2.24, 2.45) is 5.73 Å². The molecule has 160 valence electrons. The third-order valence-corrected chi connectivity index (χ3v) is 5.21. The number of sulfonamides is 1. The number of ether oxygens (including phenoxy) is 2. The number of carbonyl (C=O) groups is 1. The molecule has 29 heavy (non-hydrogen) atoms. The zero-order valence-corrected chi connectivity index (χ0v) is 17.5. The van der Waals surface area contributed by atoms with Crippen LogP contribution >= 0.6 is 12.4 Å². The Kier molecular flexibility index (Phi) is 9.31. The van der Waals surface area contributed by atoms with Gasteiger partial charge in [-0.05, 0) is 42.9 Å². The van der Waals surface area contributed by atoms with Crippen molar-refractivity contribution in [2.45, 2.75) is 6.54 Å². The molecular weight excluding hydrogens is 425 g/mol. The lowest BCUT2D eigenvalue weighted by Gasteiger charge is -2.13. The number of nitrogens with two attached hydrogens (primary N) is 1. The summed E-state index contributed by atoms with van der Waals surface area (Å²) >= 11 is 0. The van der Waals surface area contributed by atoms with Gasteiger partial charge in [0, 0.05) is 18.7 Å². The van der Waals surface area contributed by atoms with E-state index in [2.05, 4.69) is 10.0 Å². The van der Waals surface area contributed by atoms with Gasteiger partial charge in [-0.15, -0.1) is 12.4 Å². The number of hydrogen-bond donors (Lipinski definition) is 3. The second-order valence-electron chi connectivity index (χ2n) is 5.72. The smallest absolute Gasteiger partial charge is 0.251 e. The van der Waals surface area contributed by atoms with Gasteiger partial charge >= 0.3 is 0 Å². The summed E-state index contributed by atoms with van der Waals surface area (Å²) < 4.78 is 49.9. The van der Waals surface area contributed by atoms with Crippen LogP contribution < -0.4 is 25.2 Å². The van der Waals surface area contributed by atoms with Crippen molar-refractivity contribution in [3.05, 3.63) is 53.3 Å². The molecule has 0 unspecified atom stereocenters.